The van der Waals surface area contributed by atoms with Crippen molar-refractivity contribution >= 4 is 19.7 Å². The van der Waals surface area contributed by atoms with E-state index in [0.717, 1.165) is 24.3 Å². The van der Waals surface area contributed by atoms with Gasteiger partial charge in [0.15, 0.2) is 19.7 Å². The Balaban J connectivity index is 2.36. The Kier molecular flexibility index (Phi) is 4.50. The van der Waals surface area contributed by atoms with Crippen LogP contribution in [0.1, 0.15) is 0 Å². The molecule has 0 unspecified atom stereocenters. The molecule has 1 fully saturated rings. The van der Waals surface area contributed by atoms with Gasteiger partial charge in [0.1, 0.15) is 5.82 Å². The van der Waals surface area contributed by atoms with Crippen molar-refractivity contribution in [2.75, 3.05) is 18.1 Å². The van der Waals surface area contributed by atoms with Crippen LogP contribution in [-0.4, -0.2) is 46.2 Å². The number of hydrogen-bond acceptors (Lipinski definition) is 5. The zero-order valence-corrected chi connectivity index (χ0v) is 12.8. The molecule has 8 heteroatoms. The van der Waals surface area contributed by atoms with E-state index < -0.39 is 42.5 Å². The fourth-order valence-electron chi connectivity index (χ4n) is 2.35. The van der Waals surface area contributed by atoms with Crippen LogP contribution in [0.15, 0.2) is 41.8 Å². The molecule has 0 aromatic heterocycles. The molecule has 5 nitrogen and oxygen atoms in total. The second kappa shape index (κ2) is 5.86. The van der Waals surface area contributed by atoms with Crippen molar-refractivity contribution in [2.24, 2.45) is 0 Å². The summed E-state index contributed by atoms with van der Waals surface area (Å²) < 4.78 is 61.5. The second-order valence-corrected chi connectivity index (χ2v) is 9.24. The van der Waals surface area contributed by atoms with Gasteiger partial charge in [-0.25, -0.2) is 21.2 Å². The lowest BCUT2D eigenvalue weighted by Gasteiger charge is -2.19. The summed E-state index contributed by atoms with van der Waals surface area (Å²) in [5.74, 6) is -1.21. The van der Waals surface area contributed by atoms with Crippen molar-refractivity contribution in [1.82, 2.24) is 5.32 Å². The number of nitrogens with one attached hydrogen (secondary N) is 1. The molecule has 2 atom stereocenters. The molecular weight excluding hydrogens is 317 g/mol. The zero-order chi connectivity index (χ0) is 15.7. The van der Waals surface area contributed by atoms with Gasteiger partial charge in [-0.1, -0.05) is 6.08 Å². The Morgan fingerprint density at radius 2 is 1.90 bits per heavy atom. The van der Waals surface area contributed by atoms with Crippen LogP contribution in [0.4, 0.5) is 4.39 Å². The molecule has 0 aliphatic carbocycles. The molecule has 21 heavy (non-hydrogen) atoms. The van der Waals surface area contributed by atoms with Crippen LogP contribution in [0.2, 0.25) is 0 Å². The van der Waals surface area contributed by atoms with Gasteiger partial charge in [-0.15, -0.1) is 6.58 Å². The standard InChI is InChI=1S/C13H16FNO4S2/c1-2-7-15-12-8-20(16,17)9-13(12)21(18,19)11-5-3-10(14)4-6-11/h2-6,12-13,15H,1,7-9H2/t12-,13-/m1/s1. The summed E-state index contributed by atoms with van der Waals surface area (Å²) in [7, 11) is -7.27. The number of hydrogen-bond donors (Lipinski definition) is 1. The number of rotatable bonds is 5. The van der Waals surface area contributed by atoms with E-state index in [0.29, 0.717) is 6.54 Å². The van der Waals surface area contributed by atoms with Gasteiger partial charge in [0.05, 0.1) is 21.7 Å². The average Bonchev–Trinajstić information content (AvgIpc) is 2.73. The smallest absolute Gasteiger partial charge is 0.183 e. The van der Waals surface area contributed by atoms with E-state index in [9.17, 15) is 21.2 Å². The first-order valence-electron chi connectivity index (χ1n) is 6.30. The van der Waals surface area contributed by atoms with Gasteiger partial charge in [-0.3, -0.25) is 0 Å². The molecule has 1 N–H and O–H groups in total. The SMILES string of the molecule is C=CCN[C@@H]1CS(=O)(=O)C[C@H]1S(=O)(=O)c1ccc(F)cc1. The molecule has 1 aliphatic rings. The fourth-order valence-corrected chi connectivity index (χ4v) is 7.06. The van der Waals surface area contributed by atoms with E-state index >= 15 is 0 Å². The lowest BCUT2D eigenvalue weighted by molar-refractivity contribution is 0.543. The maximum atomic E-state index is 12.9. The lowest BCUT2D eigenvalue weighted by Crippen LogP contribution is -2.43. The topological polar surface area (TPSA) is 80.3 Å². The molecule has 0 spiro atoms. The summed E-state index contributed by atoms with van der Waals surface area (Å²) in [5.41, 5.74) is 0. The van der Waals surface area contributed by atoms with Crippen LogP contribution >= 0.6 is 0 Å². The van der Waals surface area contributed by atoms with E-state index in [1.807, 2.05) is 0 Å². The molecule has 1 aromatic rings. The summed E-state index contributed by atoms with van der Waals surface area (Å²) in [5, 5.41) is 1.80. The molecule has 2 rings (SSSR count). The van der Waals surface area contributed by atoms with Gasteiger partial charge in [0, 0.05) is 12.6 Å². The number of benzene rings is 1. The van der Waals surface area contributed by atoms with E-state index in [1.54, 1.807) is 0 Å². The van der Waals surface area contributed by atoms with Gasteiger partial charge in [0.2, 0.25) is 0 Å². The first-order chi connectivity index (χ1) is 9.76. The molecule has 1 aliphatic heterocycles. The number of sulfone groups is 2. The Morgan fingerprint density at radius 1 is 1.29 bits per heavy atom. The van der Waals surface area contributed by atoms with Crippen LogP contribution in [0, 0.1) is 5.82 Å². The number of halogens is 1. The fraction of sp³-hybridized carbons (Fsp3) is 0.385. The van der Waals surface area contributed by atoms with E-state index in [1.165, 1.54) is 6.08 Å². The molecule has 0 bridgehead atoms. The lowest BCUT2D eigenvalue weighted by atomic mass is 10.2. The van der Waals surface area contributed by atoms with E-state index in [4.69, 9.17) is 0 Å². The van der Waals surface area contributed by atoms with Gasteiger partial charge in [-0.2, -0.15) is 0 Å². The van der Waals surface area contributed by atoms with Gasteiger partial charge < -0.3 is 5.32 Å². The van der Waals surface area contributed by atoms with Crippen LogP contribution in [0.5, 0.6) is 0 Å². The van der Waals surface area contributed by atoms with Crippen LogP contribution in [0.25, 0.3) is 0 Å². The monoisotopic (exact) mass is 333 g/mol. The van der Waals surface area contributed by atoms with Crippen LogP contribution < -0.4 is 5.32 Å². The van der Waals surface area contributed by atoms with Crippen LogP contribution in [-0.2, 0) is 19.7 Å². The summed E-state index contributed by atoms with van der Waals surface area (Å²) in [6.45, 7) is 3.83. The average molecular weight is 333 g/mol. The zero-order valence-electron chi connectivity index (χ0n) is 11.2. The maximum absolute atomic E-state index is 12.9. The van der Waals surface area contributed by atoms with Crippen molar-refractivity contribution in [3.8, 4) is 0 Å². The summed E-state index contributed by atoms with van der Waals surface area (Å²) >= 11 is 0. The van der Waals surface area contributed by atoms with Gasteiger partial charge >= 0.3 is 0 Å². The van der Waals surface area contributed by atoms with Crippen molar-refractivity contribution < 1.29 is 21.2 Å². The van der Waals surface area contributed by atoms with Crippen molar-refractivity contribution in [1.29, 1.82) is 0 Å². The van der Waals surface area contributed by atoms with E-state index in [2.05, 4.69) is 11.9 Å². The molecule has 0 saturated carbocycles. The highest BCUT2D eigenvalue weighted by Gasteiger charge is 2.45. The molecule has 0 radical (unpaired) electrons. The Morgan fingerprint density at radius 3 is 2.48 bits per heavy atom. The third kappa shape index (κ3) is 3.50. The van der Waals surface area contributed by atoms with Crippen molar-refractivity contribution in [3.63, 3.8) is 0 Å². The minimum Gasteiger partial charge on any atom is -0.308 e. The third-order valence-corrected chi connectivity index (χ3v) is 7.53. The normalized spacial score (nSPS) is 24.8. The predicted molar refractivity (Wildman–Crippen MR) is 78.0 cm³/mol. The van der Waals surface area contributed by atoms with Gasteiger partial charge in [-0.05, 0) is 24.3 Å². The maximum Gasteiger partial charge on any atom is 0.183 e. The Labute approximate surface area is 123 Å². The quantitative estimate of drug-likeness (QED) is 0.628. The minimum absolute atomic E-state index is 0.0728. The largest absolute Gasteiger partial charge is 0.308 e. The van der Waals surface area contributed by atoms with Crippen LogP contribution in [0.3, 0.4) is 0 Å². The second-order valence-electron chi connectivity index (χ2n) is 4.92. The van der Waals surface area contributed by atoms with Crippen molar-refractivity contribution in [2.45, 2.75) is 16.2 Å². The molecule has 0 amide bonds. The highest BCUT2D eigenvalue weighted by molar-refractivity contribution is 7.96. The minimum atomic E-state index is -3.85. The summed E-state index contributed by atoms with van der Waals surface area (Å²) in [6.07, 6.45) is 1.53. The molecule has 1 heterocycles. The first-order valence-corrected chi connectivity index (χ1v) is 9.67. The Bertz CT molecular complexity index is 726. The van der Waals surface area contributed by atoms with E-state index in [-0.39, 0.29) is 10.6 Å². The summed E-state index contributed by atoms with van der Waals surface area (Å²) in [6, 6.07) is 3.70. The molecule has 1 saturated heterocycles. The third-order valence-electron chi connectivity index (χ3n) is 3.37. The highest BCUT2D eigenvalue weighted by atomic mass is 32.2. The predicted octanol–water partition coefficient (Wildman–Crippen LogP) is 0.541. The van der Waals surface area contributed by atoms with Gasteiger partial charge in [0.25, 0.3) is 0 Å². The van der Waals surface area contributed by atoms with Crippen molar-refractivity contribution in [3.05, 3.63) is 42.7 Å². The molecular formula is C13H16FNO4S2. The first kappa shape index (κ1) is 16.1. The summed E-state index contributed by atoms with van der Waals surface area (Å²) in [4.78, 5) is -0.0728. The molecule has 116 valence electrons. The highest BCUT2D eigenvalue weighted by Crippen LogP contribution is 2.26. The molecule has 1 aromatic carbocycles. The Hall–Kier alpha value is -1.25.